The number of anilines is 1. The van der Waals surface area contributed by atoms with Gasteiger partial charge in [0, 0.05) is 18.8 Å². The Hall–Kier alpha value is -2.40. The van der Waals surface area contributed by atoms with Gasteiger partial charge in [-0.1, -0.05) is 30.3 Å². The lowest BCUT2D eigenvalue weighted by atomic mass is 10.0. The summed E-state index contributed by atoms with van der Waals surface area (Å²) in [7, 11) is 1.92. The monoisotopic (exact) mass is 342 g/mol. The molecule has 0 N–H and O–H groups in total. The fourth-order valence-electron chi connectivity index (χ4n) is 3.15. The first-order valence-electron chi connectivity index (χ1n) is 8.61. The van der Waals surface area contributed by atoms with Crippen LogP contribution in [0.4, 0.5) is 10.1 Å². The zero-order valence-electron chi connectivity index (χ0n) is 14.4. The highest BCUT2D eigenvalue weighted by molar-refractivity contribution is 5.97. The van der Waals surface area contributed by atoms with Gasteiger partial charge in [-0.15, -0.1) is 0 Å². The van der Waals surface area contributed by atoms with Gasteiger partial charge in [-0.2, -0.15) is 0 Å². The van der Waals surface area contributed by atoms with Crippen molar-refractivity contribution in [3.63, 3.8) is 0 Å². The minimum atomic E-state index is -0.367. The molecule has 5 heteroatoms. The van der Waals surface area contributed by atoms with Crippen LogP contribution in [0.5, 0.6) is 5.75 Å². The molecule has 2 aromatic carbocycles. The molecule has 1 saturated heterocycles. The van der Waals surface area contributed by atoms with Crippen molar-refractivity contribution in [1.82, 2.24) is 4.90 Å². The average molecular weight is 342 g/mol. The van der Waals surface area contributed by atoms with Crippen LogP contribution in [-0.2, 0) is 4.79 Å². The molecule has 4 nitrogen and oxygen atoms in total. The number of carbonyl (C=O) groups is 1. The summed E-state index contributed by atoms with van der Waals surface area (Å²) < 4.78 is 19.1. The van der Waals surface area contributed by atoms with Gasteiger partial charge >= 0.3 is 0 Å². The van der Waals surface area contributed by atoms with Crippen LogP contribution in [0.2, 0.25) is 0 Å². The van der Waals surface area contributed by atoms with Crippen LogP contribution in [-0.4, -0.2) is 43.6 Å². The highest BCUT2D eigenvalue weighted by atomic mass is 19.1. The molecule has 0 aromatic heterocycles. The number of hydrogen-bond acceptors (Lipinski definition) is 3. The van der Waals surface area contributed by atoms with Gasteiger partial charge in [-0.3, -0.25) is 9.69 Å². The molecule has 0 spiro atoms. The fraction of sp³-hybridized carbons (Fsp3) is 0.350. The molecular weight excluding hydrogens is 319 g/mol. The SMILES string of the molecule is CN(CCOc1ccccc1F)[C@@H]1CCCN(c2ccccc2)C1=O. The van der Waals surface area contributed by atoms with E-state index in [1.54, 1.807) is 18.2 Å². The van der Waals surface area contributed by atoms with Crippen molar-refractivity contribution in [2.24, 2.45) is 0 Å². The lowest BCUT2D eigenvalue weighted by Crippen LogP contribution is -2.52. The molecule has 0 saturated carbocycles. The Bertz CT molecular complexity index is 708. The quantitative estimate of drug-likeness (QED) is 0.807. The molecule has 1 heterocycles. The van der Waals surface area contributed by atoms with Gasteiger partial charge in [-0.25, -0.2) is 4.39 Å². The van der Waals surface area contributed by atoms with Crippen molar-refractivity contribution in [3.05, 3.63) is 60.4 Å². The molecule has 1 atom stereocenters. The summed E-state index contributed by atoms with van der Waals surface area (Å²) in [4.78, 5) is 16.7. The van der Waals surface area contributed by atoms with Crippen LogP contribution in [0, 0.1) is 5.82 Å². The molecule has 3 rings (SSSR count). The Kier molecular flexibility index (Phi) is 5.66. The molecule has 1 amide bonds. The molecule has 0 bridgehead atoms. The average Bonchev–Trinajstić information content (AvgIpc) is 2.64. The first-order valence-corrected chi connectivity index (χ1v) is 8.61. The molecule has 132 valence electrons. The molecule has 0 aliphatic carbocycles. The molecule has 0 radical (unpaired) electrons. The van der Waals surface area contributed by atoms with Gasteiger partial charge in [0.05, 0.1) is 6.04 Å². The maximum absolute atomic E-state index is 13.6. The lowest BCUT2D eigenvalue weighted by Gasteiger charge is -2.36. The molecule has 1 fully saturated rings. The van der Waals surface area contributed by atoms with Crippen molar-refractivity contribution < 1.29 is 13.9 Å². The topological polar surface area (TPSA) is 32.8 Å². The van der Waals surface area contributed by atoms with Crippen molar-refractivity contribution >= 4 is 11.6 Å². The number of nitrogens with zero attached hydrogens (tertiary/aromatic N) is 2. The minimum absolute atomic E-state index is 0.117. The standard InChI is InChI=1S/C20H23FN2O2/c1-22(14-15-25-19-12-6-5-10-17(19)21)18-11-7-13-23(20(18)24)16-8-3-2-4-9-16/h2-6,8-10,12,18H,7,11,13-15H2,1H3/t18-/m1/s1. The molecule has 25 heavy (non-hydrogen) atoms. The number of rotatable bonds is 6. The number of ether oxygens (including phenoxy) is 1. The van der Waals surface area contributed by atoms with Gasteiger partial charge in [0.2, 0.25) is 5.91 Å². The number of piperidine rings is 1. The summed E-state index contributed by atoms with van der Waals surface area (Å²) in [6, 6.07) is 15.9. The molecule has 2 aromatic rings. The van der Waals surface area contributed by atoms with E-state index in [1.807, 2.05) is 47.2 Å². The number of likely N-dealkylation sites (N-methyl/N-ethyl adjacent to an activating group) is 1. The Morgan fingerprint density at radius 1 is 1.16 bits per heavy atom. The smallest absolute Gasteiger partial charge is 0.244 e. The maximum Gasteiger partial charge on any atom is 0.244 e. The van der Waals surface area contributed by atoms with E-state index in [4.69, 9.17) is 4.74 Å². The molecule has 1 aliphatic heterocycles. The van der Waals surface area contributed by atoms with Crippen LogP contribution in [0.3, 0.4) is 0 Å². The van der Waals surface area contributed by atoms with Gasteiger partial charge in [-0.05, 0) is 44.2 Å². The predicted octanol–water partition coefficient (Wildman–Crippen LogP) is 3.33. The van der Waals surface area contributed by atoms with Gasteiger partial charge in [0.1, 0.15) is 6.61 Å². The Morgan fingerprint density at radius 2 is 1.88 bits per heavy atom. The zero-order chi connectivity index (χ0) is 17.6. The van der Waals surface area contributed by atoms with Crippen LogP contribution in [0.25, 0.3) is 0 Å². The number of hydrogen-bond donors (Lipinski definition) is 0. The minimum Gasteiger partial charge on any atom is -0.489 e. The van der Waals surface area contributed by atoms with E-state index in [9.17, 15) is 9.18 Å². The second kappa shape index (κ2) is 8.12. The largest absolute Gasteiger partial charge is 0.489 e. The van der Waals surface area contributed by atoms with E-state index < -0.39 is 0 Å². The van der Waals surface area contributed by atoms with Crippen molar-refractivity contribution in [1.29, 1.82) is 0 Å². The number of benzene rings is 2. The highest BCUT2D eigenvalue weighted by Gasteiger charge is 2.32. The van der Waals surface area contributed by atoms with Crippen LogP contribution < -0.4 is 9.64 Å². The first-order chi connectivity index (χ1) is 12.2. The Labute approximate surface area is 147 Å². The molecular formula is C20H23FN2O2. The zero-order valence-corrected chi connectivity index (χ0v) is 14.4. The normalized spacial score (nSPS) is 17.8. The lowest BCUT2D eigenvalue weighted by molar-refractivity contribution is -0.124. The van der Waals surface area contributed by atoms with E-state index >= 15 is 0 Å². The Morgan fingerprint density at radius 3 is 2.64 bits per heavy atom. The third-order valence-electron chi connectivity index (χ3n) is 4.55. The molecule has 0 unspecified atom stereocenters. The van der Waals surface area contributed by atoms with Crippen LogP contribution in [0.1, 0.15) is 12.8 Å². The predicted molar refractivity (Wildman–Crippen MR) is 96.3 cm³/mol. The number of halogens is 1. The fourth-order valence-corrected chi connectivity index (χ4v) is 3.15. The summed E-state index contributed by atoms with van der Waals surface area (Å²) in [5.41, 5.74) is 0.938. The second-order valence-corrected chi connectivity index (χ2v) is 6.24. The van der Waals surface area contributed by atoms with E-state index in [0.717, 1.165) is 25.1 Å². The highest BCUT2D eigenvalue weighted by Crippen LogP contribution is 2.23. The summed E-state index contributed by atoms with van der Waals surface area (Å²) in [5.74, 6) is -0.00299. The third kappa shape index (κ3) is 4.17. The van der Waals surface area contributed by atoms with Crippen LogP contribution >= 0.6 is 0 Å². The van der Waals surface area contributed by atoms with Gasteiger partial charge in [0.25, 0.3) is 0 Å². The van der Waals surface area contributed by atoms with Gasteiger partial charge in [0.15, 0.2) is 11.6 Å². The van der Waals surface area contributed by atoms with Crippen molar-refractivity contribution in [2.75, 3.05) is 31.6 Å². The summed E-state index contributed by atoms with van der Waals surface area (Å²) in [6.45, 7) is 1.65. The van der Waals surface area contributed by atoms with E-state index in [-0.39, 0.29) is 23.5 Å². The summed E-state index contributed by atoms with van der Waals surface area (Å²) >= 11 is 0. The number of para-hydroxylation sites is 2. The van der Waals surface area contributed by atoms with E-state index in [0.29, 0.717) is 13.2 Å². The Balaban J connectivity index is 1.57. The van der Waals surface area contributed by atoms with E-state index in [2.05, 4.69) is 0 Å². The van der Waals surface area contributed by atoms with Crippen LogP contribution in [0.15, 0.2) is 54.6 Å². The van der Waals surface area contributed by atoms with Gasteiger partial charge < -0.3 is 9.64 Å². The van der Waals surface area contributed by atoms with Crippen molar-refractivity contribution in [2.45, 2.75) is 18.9 Å². The summed E-state index contributed by atoms with van der Waals surface area (Å²) in [5, 5.41) is 0. The molecule has 1 aliphatic rings. The number of carbonyl (C=O) groups excluding carboxylic acids is 1. The number of amides is 1. The van der Waals surface area contributed by atoms with E-state index in [1.165, 1.54) is 6.07 Å². The second-order valence-electron chi connectivity index (χ2n) is 6.24. The van der Waals surface area contributed by atoms with Crippen molar-refractivity contribution in [3.8, 4) is 5.75 Å². The summed E-state index contributed by atoms with van der Waals surface area (Å²) in [6.07, 6.45) is 1.79. The maximum atomic E-state index is 13.6. The first kappa shape index (κ1) is 17.4. The third-order valence-corrected chi connectivity index (χ3v) is 4.55.